The Bertz CT molecular complexity index is 186. The minimum absolute atomic E-state index is 0.269. The summed E-state index contributed by atoms with van der Waals surface area (Å²) in [5.41, 5.74) is 0. The zero-order chi connectivity index (χ0) is 9.03. The number of aliphatic hydroxyl groups is 1. The molecule has 1 heterocycles. The Hall–Kier alpha value is -0.270. The van der Waals surface area contributed by atoms with Gasteiger partial charge in [0.05, 0.1) is 12.2 Å². The Morgan fingerprint density at radius 1 is 1.75 bits per heavy atom. The topological polar surface area (TPSA) is 44.0 Å². The maximum absolute atomic E-state index is 12.0. The third kappa shape index (κ3) is 2.11. The lowest BCUT2D eigenvalue weighted by atomic mass is 9.98. The van der Waals surface area contributed by atoms with Crippen molar-refractivity contribution in [3.05, 3.63) is 0 Å². The number of hydrogen-bond acceptors (Lipinski definition) is 3. The largest absolute Gasteiger partial charge is 0.390 e. The standard InChI is InChI=1S/C8H12FNOS/c9-5-7(11)4-8(6-10)2-1-3-12-8/h7,11H,1-5H2. The second kappa shape index (κ2) is 4.11. The minimum atomic E-state index is -0.963. The third-order valence-corrected chi connectivity index (χ3v) is 3.56. The predicted molar refractivity (Wildman–Crippen MR) is 46.6 cm³/mol. The lowest BCUT2D eigenvalue weighted by Gasteiger charge is -2.20. The van der Waals surface area contributed by atoms with Gasteiger partial charge in [-0.15, -0.1) is 11.8 Å². The highest BCUT2D eigenvalue weighted by molar-refractivity contribution is 8.01. The molecule has 1 rings (SSSR count). The highest BCUT2D eigenvalue weighted by Gasteiger charge is 2.36. The first-order chi connectivity index (χ1) is 5.72. The van der Waals surface area contributed by atoms with Gasteiger partial charge >= 0.3 is 0 Å². The van der Waals surface area contributed by atoms with Gasteiger partial charge < -0.3 is 5.11 Å². The fourth-order valence-corrected chi connectivity index (χ4v) is 2.77. The molecular formula is C8H12FNOS. The molecule has 1 saturated heterocycles. The van der Waals surface area contributed by atoms with Crippen LogP contribution in [0.2, 0.25) is 0 Å². The average molecular weight is 189 g/mol. The summed E-state index contributed by atoms with van der Waals surface area (Å²) in [4.78, 5) is 0. The lowest BCUT2D eigenvalue weighted by Crippen LogP contribution is -2.26. The van der Waals surface area contributed by atoms with Crippen LogP contribution in [0.15, 0.2) is 0 Å². The van der Waals surface area contributed by atoms with Crippen molar-refractivity contribution >= 4 is 11.8 Å². The Morgan fingerprint density at radius 3 is 2.92 bits per heavy atom. The zero-order valence-corrected chi connectivity index (χ0v) is 7.61. The van der Waals surface area contributed by atoms with E-state index in [9.17, 15) is 4.39 Å². The fraction of sp³-hybridized carbons (Fsp3) is 0.875. The van der Waals surface area contributed by atoms with Crippen LogP contribution < -0.4 is 0 Å². The molecule has 2 unspecified atom stereocenters. The van der Waals surface area contributed by atoms with Crippen molar-refractivity contribution < 1.29 is 9.50 Å². The quantitative estimate of drug-likeness (QED) is 0.731. The molecule has 0 bridgehead atoms. The Kier molecular flexibility index (Phi) is 3.36. The van der Waals surface area contributed by atoms with E-state index in [4.69, 9.17) is 10.4 Å². The van der Waals surface area contributed by atoms with Gasteiger partial charge in [-0.05, 0) is 18.6 Å². The summed E-state index contributed by atoms with van der Waals surface area (Å²) in [6, 6.07) is 2.18. The van der Waals surface area contributed by atoms with E-state index in [1.165, 1.54) is 0 Å². The summed E-state index contributed by atoms with van der Waals surface area (Å²) >= 11 is 1.55. The lowest BCUT2D eigenvalue weighted by molar-refractivity contribution is 0.124. The van der Waals surface area contributed by atoms with E-state index in [-0.39, 0.29) is 6.42 Å². The number of rotatable bonds is 3. The maximum atomic E-state index is 12.0. The van der Waals surface area contributed by atoms with Gasteiger partial charge in [0.25, 0.3) is 0 Å². The van der Waals surface area contributed by atoms with Gasteiger partial charge in [0.1, 0.15) is 11.4 Å². The van der Waals surface area contributed by atoms with Crippen LogP contribution in [0.1, 0.15) is 19.3 Å². The van der Waals surface area contributed by atoms with E-state index in [1.54, 1.807) is 11.8 Å². The Morgan fingerprint density at radius 2 is 2.50 bits per heavy atom. The molecule has 12 heavy (non-hydrogen) atoms. The number of alkyl halides is 1. The minimum Gasteiger partial charge on any atom is -0.390 e. The van der Waals surface area contributed by atoms with Crippen molar-refractivity contribution in [1.29, 1.82) is 5.26 Å². The van der Waals surface area contributed by atoms with Crippen LogP contribution in [-0.2, 0) is 0 Å². The van der Waals surface area contributed by atoms with Crippen LogP contribution in [0.3, 0.4) is 0 Å². The third-order valence-electron chi connectivity index (χ3n) is 2.05. The molecule has 1 fully saturated rings. The first-order valence-electron chi connectivity index (χ1n) is 4.02. The van der Waals surface area contributed by atoms with Crippen molar-refractivity contribution in [2.45, 2.75) is 30.1 Å². The molecule has 0 aromatic heterocycles. The molecular weight excluding hydrogens is 177 g/mol. The first kappa shape index (κ1) is 9.82. The van der Waals surface area contributed by atoms with Gasteiger partial charge in [0.15, 0.2) is 0 Å². The molecule has 1 N–H and O–H groups in total. The number of aliphatic hydroxyl groups excluding tert-OH is 1. The van der Waals surface area contributed by atoms with Crippen molar-refractivity contribution in [2.24, 2.45) is 0 Å². The van der Waals surface area contributed by atoms with Gasteiger partial charge in [-0.2, -0.15) is 5.26 Å². The number of halogens is 1. The van der Waals surface area contributed by atoms with Gasteiger partial charge in [-0.1, -0.05) is 0 Å². The second-order valence-corrected chi connectivity index (χ2v) is 4.55. The van der Waals surface area contributed by atoms with Crippen LogP contribution >= 0.6 is 11.8 Å². The molecule has 1 aliphatic rings. The summed E-state index contributed by atoms with van der Waals surface area (Å²) in [5.74, 6) is 0.951. The van der Waals surface area contributed by atoms with Crippen molar-refractivity contribution in [3.63, 3.8) is 0 Å². The zero-order valence-electron chi connectivity index (χ0n) is 6.79. The van der Waals surface area contributed by atoms with Crippen LogP contribution in [-0.4, -0.2) is 28.4 Å². The fourth-order valence-electron chi connectivity index (χ4n) is 1.43. The summed E-state index contributed by atoms with van der Waals surface area (Å²) in [6.45, 7) is -0.746. The van der Waals surface area contributed by atoms with E-state index in [0.29, 0.717) is 0 Å². The molecule has 68 valence electrons. The van der Waals surface area contributed by atoms with Gasteiger partial charge in [-0.3, -0.25) is 0 Å². The molecule has 0 aromatic rings. The van der Waals surface area contributed by atoms with Crippen LogP contribution in [0.25, 0.3) is 0 Å². The predicted octanol–water partition coefficient (Wildman–Crippen LogP) is 1.50. The molecule has 0 aliphatic carbocycles. The average Bonchev–Trinajstić information content (AvgIpc) is 2.54. The van der Waals surface area contributed by atoms with E-state index in [0.717, 1.165) is 18.6 Å². The molecule has 0 saturated carbocycles. The summed E-state index contributed by atoms with van der Waals surface area (Å²) in [5, 5.41) is 17.9. The number of thioether (sulfide) groups is 1. The van der Waals surface area contributed by atoms with Crippen LogP contribution in [0.4, 0.5) is 4.39 Å². The van der Waals surface area contributed by atoms with Crippen molar-refractivity contribution in [3.8, 4) is 6.07 Å². The van der Waals surface area contributed by atoms with Crippen LogP contribution in [0, 0.1) is 11.3 Å². The highest BCUT2D eigenvalue weighted by atomic mass is 32.2. The van der Waals surface area contributed by atoms with Gasteiger partial charge in [-0.25, -0.2) is 4.39 Å². The molecule has 0 aromatic carbocycles. The number of hydrogen-bond donors (Lipinski definition) is 1. The second-order valence-electron chi connectivity index (χ2n) is 3.07. The summed E-state index contributed by atoms with van der Waals surface area (Å²) < 4.78 is 11.5. The normalized spacial score (nSPS) is 31.4. The smallest absolute Gasteiger partial charge is 0.115 e. The van der Waals surface area contributed by atoms with Crippen LogP contribution in [0.5, 0.6) is 0 Å². The first-order valence-corrected chi connectivity index (χ1v) is 5.00. The van der Waals surface area contributed by atoms with E-state index in [2.05, 4.69) is 6.07 Å². The highest BCUT2D eigenvalue weighted by Crippen LogP contribution is 2.41. The SMILES string of the molecule is N#CC1(CC(O)CF)CCCS1. The van der Waals surface area contributed by atoms with Crippen molar-refractivity contribution in [1.82, 2.24) is 0 Å². The molecule has 1 aliphatic heterocycles. The Labute approximate surface area is 75.8 Å². The van der Waals surface area contributed by atoms with E-state index in [1.807, 2.05) is 0 Å². The van der Waals surface area contributed by atoms with E-state index < -0.39 is 17.5 Å². The molecule has 0 amide bonds. The molecule has 0 spiro atoms. The maximum Gasteiger partial charge on any atom is 0.115 e. The Balaban J connectivity index is 2.51. The summed E-state index contributed by atoms with van der Waals surface area (Å²) in [7, 11) is 0. The van der Waals surface area contributed by atoms with Gasteiger partial charge in [0, 0.05) is 6.42 Å². The molecule has 2 nitrogen and oxygen atoms in total. The monoisotopic (exact) mass is 189 g/mol. The summed E-state index contributed by atoms with van der Waals surface area (Å²) in [6.07, 6.45) is 1.09. The van der Waals surface area contributed by atoms with Gasteiger partial charge in [0.2, 0.25) is 0 Å². The molecule has 4 heteroatoms. The number of nitrogens with zero attached hydrogens (tertiary/aromatic N) is 1. The van der Waals surface area contributed by atoms with E-state index >= 15 is 0 Å². The van der Waals surface area contributed by atoms with Crippen molar-refractivity contribution in [2.75, 3.05) is 12.4 Å². The number of nitriles is 1. The molecule has 0 radical (unpaired) electrons. The molecule has 2 atom stereocenters.